The molecule has 1 aromatic heterocycles. The molecule has 1 amide bonds. The third-order valence-electron chi connectivity index (χ3n) is 4.23. The molecule has 0 bridgehead atoms. The van der Waals surface area contributed by atoms with Crippen LogP contribution in [0.3, 0.4) is 0 Å². The lowest BCUT2D eigenvalue weighted by atomic mass is 10.0. The van der Waals surface area contributed by atoms with Gasteiger partial charge in [-0.25, -0.2) is 0 Å². The average Bonchev–Trinajstić information content (AvgIpc) is 2.88. The number of rotatable bonds is 3. The summed E-state index contributed by atoms with van der Waals surface area (Å²) in [5.41, 5.74) is 5.59. The van der Waals surface area contributed by atoms with Gasteiger partial charge in [-0.1, -0.05) is 41.5 Å². The molecule has 3 nitrogen and oxygen atoms in total. The van der Waals surface area contributed by atoms with Gasteiger partial charge in [0, 0.05) is 0 Å². The van der Waals surface area contributed by atoms with Crippen LogP contribution in [0.2, 0.25) is 0 Å². The molecule has 1 heterocycles. The molecular weight excluding hydrogens is 328 g/mol. The van der Waals surface area contributed by atoms with Crippen molar-refractivity contribution in [3.63, 3.8) is 0 Å². The maximum absolute atomic E-state index is 12.5. The van der Waals surface area contributed by atoms with Crippen LogP contribution in [0.1, 0.15) is 22.3 Å². The highest BCUT2D eigenvalue weighted by Gasteiger charge is 2.08. The smallest absolute Gasteiger partial charge is 0.252 e. The topological polar surface area (TPSA) is 34.4 Å². The van der Waals surface area contributed by atoms with E-state index in [-0.39, 0.29) is 5.91 Å². The van der Waals surface area contributed by atoms with Crippen LogP contribution in [0.4, 0.5) is 0 Å². The van der Waals surface area contributed by atoms with Crippen molar-refractivity contribution in [2.75, 3.05) is 0 Å². The Labute approximate surface area is 151 Å². The first-order chi connectivity index (χ1) is 12.0. The zero-order valence-electron chi connectivity index (χ0n) is 14.7. The molecule has 4 heteroatoms. The molecular formula is C21H20N2OS. The molecule has 0 saturated carbocycles. The fourth-order valence-corrected chi connectivity index (χ4v) is 3.89. The first-order valence-electron chi connectivity index (χ1n) is 8.15. The van der Waals surface area contributed by atoms with E-state index in [1.54, 1.807) is 0 Å². The SMILES string of the molecule is C#CCn1c(=NC(=O)Cc2ccc(C)c(C)c2)sc2cc(C)ccc21. The summed E-state index contributed by atoms with van der Waals surface area (Å²) in [7, 11) is 0. The number of carbonyl (C=O) groups is 1. The molecule has 2 aromatic carbocycles. The Morgan fingerprint density at radius 3 is 2.68 bits per heavy atom. The van der Waals surface area contributed by atoms with E-state index < -0.39 is 0 Å². The van der Waals surface area contributed by atoms with E-state index in [4.69, 9.17) is 6.42 Å². The summed E-state index contributed by atoms with van der Waals surface area (Å²) in [6.45, 7) is 6.56. The van der Waals surface area contributed by atoms with E-state index in [2.05, 4.69) is 30.8 Å². The van der Waals surface area contributed by atoms with Gasteiger partial charge in [0.2, 0.25) is 0 Å². The van der Waals surface area contributed by atoms with Crippen LogP contribution in [0.25, 0.3) is 10.2 Å². The van der Waals surface area contributed by atoms with E-state index >= 15 is 0 Å². The van der Waals surface area contributed by atoms with E-state index in [1.165, 1.54) is 28.0 Å². The number of aromatic nitrogens is 1. The summed E-state index contributed by atoms with van der Waals surface area (Å²) in [5, 5.41) is 0. The minimum Gasteiger partial charge on any atom is -0.305 e. The Morgan fingerprint density at radius 2 is 1.96 bits per heavy atom. The summed E-state index contributed by atoms with van der Waals surface area (Å²) >= 11 is 1.50. The Hall–Kier alpha value is -2.64. The number of hydrogen-bond acceptors (Lipinski definition) is 2. The van der Waals surface area contributed by atoms with Gasteiger partial charge in [-0.2, -0.15) is 4.99 Å². The fraction of sp³-hybridized carbons (Fsp3) is 0.238. The second-order valence-electron chi connectivity index (χ2n) is 6.25. The first kappa shape index (κ1) is 17.2. The lowest BCUT2D eigenvalue weighted by Gasteiger charge is -2.03. The first-order valence-corrected chi connectivity index (χ1v) is 8.96. The van der Waals surface area contributed by atoms with Crippen LogP contribution >= 0.6 is 11.3 Å². The van der Waals surface area contributed by atoms with Crippen molar-refractivity contribution >= 4 is 27.5 Å². The number of benzene rings is 2. The molecule has 0 atom stereocenters. The number of hydrogen-bond donors (Lipinski definition) is 0. The van der Waals surface area contributed by atoms with Gasteiger partial charge < -0.3 is 4.57 Å². The number of amides is 1. The molecule has 3 rings (SSSR count). The van der Waals surface area contributed by atoms with Crippen molar-refractivity contribution in [1.29, 1.82) is 0 Å². The molecule has 25 heavy (non-hydrogen) atoms. The molecule has 0 aliphatic rings. The van der Waals surface area contributed by atoms with Crippen LogP contribution in [-0.4, -0.2) is 10.5 Å². The monoisotopic (exact) mass is 348 g/mol. The lowest BCUT2D eigenvalue weighted by molar-refractivity contribution is -0.117. The zero-order valence-corrected chi connectivity index (χ0v) is 15.5. The molecule has 0 N–H and O–H groups in total. The Bertz CT molecular complexity index is 1060. The Balaban J connectivity index is 1.99. The standard InChI is InChI=1S/C21H20N2OS/c1-5-10-23-18-9-6-14(2)11-19(18)25-21(23)22-20(24)13-17-8-7-15(3)16(4)12-17/h1,6-9,11-12H,10,13H2,2-4H3. The van der Waals surface area contributed by atoms with E-state index in [1.807, 2.05) is 41.8 Å². The van der Waals surface area contributed by atoms with Gasteiger partial charge >= 0.3 is 0 Å². The second kappa shape index (κ2) is 7.08. The van der Waals surface area contributed by atoms with Gasteiger partial charge in [0.15, 0.2) is 4.80 Å². The average molecular weight is 348 g/mol. The van der Waals surface area contributed by atoms with Gasteiger partial charge in [0.1, 0.15) is 0 Å². The minimum absolute atomic E-state index is 0.155. The number of carbonyl (C=O) groups excluding carboxylic acids is 1. The number of thiazole rings is 1. The largest absolute Gasteiger partial charge is 0.305 e. The molecule has 0 radical (unpaired) electrons. The summed E-state index contributed by atoms with van der Waals surface area (Å²) < 4.78 is 3.02. The molecule has 3 aromatic rings. The Kier molecular flexibility index (Phi) is 4.87. The third kappa shape index (κ3) is 3.72. The van der Waals surface area contributed by atoms with Crippen molar-refractivity contribution < 1.29 is 4.79 Å². The molecule has 0 unspecified atom stereocenters. The zero-order chi connectivity index (χ0) is 18.0. The fourth-order valence-electron chi connectivity index (χ4n) is 2.74. The van der Waals surface area contributed by atoms with Crippen LogP contribution in [0.5, 0.6) is 0 Å². The van der Waals surface area contributed by atoms with Gasteiger partial charge in [-0.3, -0.25) is 4.79 Å². The highest BCUT2D eigenvalue weighted by Crippen LogP contribution is 2.19. The predicted octanol–water partition coefficient (Wildman–Crippen LogP) is 3.93. The highest BCUT2D eigenvalue weighted by atomic mass is 32.1. The summed E-state index contributed by atoms with van der Waals surface area (Å²) in [6.07, 6.45) is 5.80. The molecule has 0 aliphatic carbocycles. The van der Waals surface area contributed by atoms with Crippen molar-refractivity contribution in [3.05, 3.63) is 63.5 Å². The van der Waals surface area contributed by atoms with E-state index in [0.717, 1.165) is 15.8 Å². The number of aryl methyl sites for hydroxylation is 3. The van der Waals surface area contributed by atoms with Gasteiger partial charge in [0.05, 0.1) is 23.2 Å². The molecule has 126 valence electrons. The van der Waals surface area contributed by atoms with Gasteiger partial charge in [-0.05, 0) is 55.2 Å². The normalized spacial score (nSPS) is 11.7. The summed E-state index contributed by atoms with van der Waals surface area (Å²) in [6, 6.07) is 12.2. The quantitative estimate of drug-likeness (QED) is 0.660. The van der Waals surface area contributed by atoms with Crippen molar-refractivity contribution in [1.82, 2.24) is 4.57 Å². The van der Waals surface area contributed by atoms with Crippen molar-refractivity contribution in [2.45, 2.75) is 33.7 Å². The molecule has 0 fully saturated rings. The minimum atomic E-state index is -0.155. The van der Waals surface area contributed by atoms with E-state index in [9.17, 15) is 4.79 Å². The molecule has 0 aliphatic heterocycles. The maximum Gasteiger partial charge on any atom is 0.252 e. The molecule has 0 spiro atoms. The van der Waals surface area contributed by atoms with Crippen LogP contribution in [0, 0.1) is 33.1 Å². The molecule has 0 saturated heterocycles. The number of terminal acetylenes is 1. The van der Waals surface area contributed by atoms with Crippen LogP contribution < -0.4 is 4.80 Å². The van der Waals surface area contributed by atoms with Crippen molar-refractivity contribution in [3.8, 4) is 12.3 Å². The van der Waals surface area contributed by atoms with Crippen LogP contribution in [-0.2, 0) is 17.8 Å². The second-order valence-corrected chi connectivity index (χ2v) is 7.26. The maximum atomic E-state index is 12.5. The lowest BCUT2D eigenvalue weighted by Crippen LogP contribution is -2.17. The highest BCUT2D eigenvalue weighted by molar-refractivity contribution is 7.16. The number of nitrogens with zero attached hydrogens (tertiary/aromatic N) is 2. The third-order valence-corrected chi connectivity index (χ3v) is 5.28. The predicted molar refractivity (Wildman–Crippen MR) is 104 cm³/mol. The van der Waals surface area contributed by atoms with Gasteiger partial charge in [-0.15, -0.1) is 6.42 Å². The summed E-state index contributed by atoms with van der Waals surface area (Å²) in [5.74, 6) is 2.50. The summed E-state index contributed by atoms with van der Waals surface area (Å²) in [4.78, 5) is 17.5. The van der Waals surface area contributed by atoms with E-state index in [0.29, 0.717) is 17.8 Å². The van der Waals surface area contributed by atoms with Gasteiger partial charge in [0.25, 0.3) is 5.91 Å². The number of fused-ring (bicyclic) bond motifs is 1. The van der Waals surface area contributed by atoms with Crippen molar-refractivity contribution in [2.24, 2.45) is 4.99 Å². The van der Waals surface area contributed by atoms with Crippen LogP contribution in [0.15, 0.2) is 41.4 Å². The Morgan fingerprint density at radius 1 is 1.16 bits per heavy atom.